The van der Waals surface area contributed by atoms with Gasteiger partial charge in [-0.3, -0.25) is 4.98 Å². The summed E-state index contributed by atoms with van der Waals surface area (Å²) in [4.78, 5) is 17.5. The minimum atomic E-state index is 0.455. The maximum absolute atomic E-state index is 6.12. The van der Waals surface area contributed by atoms with E-state index >= 15 is 0 Å². The number of anilines is 3. The molecule has 184 valence electrons. The molecule has 0 saturated carbocycles. The summed E-state index contributed by atoms with van der Waals surface area (Å²) in [5, 5.41) is 17.2. The van der Waals surface area contributed by atoms with Crippen LogP contribution in [0.5, 0.6) is 11.6 Å². The van der Waals surface area contributed by atoms with E-state index in [-0.39, 0.29) is 0 Å². The molecule has 9 nitrogen and oxygen atoms in total. The molecule has 0 fully saturated rings. The topological polar surface area (TPSA) is 111 Å². The summed E-state index contributed by atoms with van der Waals surface area (Å²) in [7, 11) is 1.78. The van der Waals surface area contributed by atoms with Gasteiger partial charge in [-0.15, -0.1) is 10.2 Å². The largest absolute Gasteiger partial charge is 0.438 e. The molecule has 0 amide bonds. The molecule has 0 unspecified atom stereocenters. The molecule has 38 heavy (non-hydrogen) atoms. The second kappa shape index (κ2) is 10.3. The van der Waals surface area contributed by atoms with E-state index in [4.69, 9.17) is 4.74 Å². The Morgan fingerprint density at radius 2 is 1.47 bits per heavy atom. The number of benzene rings is 2. The molecule has 9 heteroatoms. The van der Waals surface area contributed by atoms with Gasteiger partial charge >= 0.3 is 0 Å². The van der Waals surface area contributed by atoms with Crippen LogP contribution in [0.3, 0.4) is 0 Å². The zero-order chi connectivity index (χ0) is 25.7. The summed E-state index contributed by atoms with van der Waals surface area (Å²) in [6.07, 6.45) is 5.14. The normalized spacial score (nSPS) is 10.8. The maximum Gasteiger partial charge on any atom is 0.228 e. The van der Waals surface area contributed by atoms with Gasteiger partial charge in [0.05, 0.1) is 17.0 Å². The minimum Gasteiger partial charge on any atom is -0.438 e. The lowest BCUT2D eigenvalue weighted by Crippen LogP contribution is -2.00. The highest BCUT2D eigenvalue weighted by Gasteiger charge is 2.13. The number of nitrogens with zero attached hydrogens (tertiary/aromatic N) is 6. The molecule has 0 aliphatic rings. The van der Waals surface area contributed by atoms with Crippen molar-refractivity contribution in [3.8, 4) is 34.3 Å². The van der Waals surface area contributed by atoms with Crippen molar-refractivity contribution in [2.45, 2.75) is 0 Å². The van der Waals surface area contributed by atoms with Crippen molar-refractivity contribution in [2.24, 2.45) is 0 Å². The van der Waals surface area contributed by atoms with Gasteiger partial charge in [-0.25, -0.2) is 15.0 Å². The van der Waals surface area contributed by atoms with E-state index in [0.29, 0.717) is 29.1 Å². The smallest absolute Gasteiger partial charge is 0.228 e. The SMILES string of the molecule is CNc1nccc(-c2cccnc2Oc2ccc(Nc3nnc(-c4ccccn4)c4ccccc34)cc2)n1. The molecule has 2 N–H and O–H groups in total. The van der Waals surface area contributed by atoms with Crippen LogP contribution in [0.4, 0.5) is 17.5 Å². The third-order valence-electron chi connectivity index (χ3n) is 5.85. The van der Waals surface area contributed by atoms with E-state index in [1.165, 1.54) is 0 Å². The lowest BCUT2D eigenvalue weighted by Gasteiger charge is -2.12. The van der Waals surface area contributed by atoms with Gasteiger partial charge in [-0.05, 0) is 54.6 Å². The summed E-state index contributed by atoms with van der Waals surface area (Å²) in [5.74, 6) is 2.28. The van der Waals surface area contributed by atoms with Crippen molar-refractivity contribution >= 4 is 28.2 Å². The number of aromatic nitrogens is 6. The Morgan fingerprint density at radius 3 is 2.29 bits per heavy atom. The van der Waals surface area contributed by atoms with Crippen LogP contribution in [0, 0.1) is 0 Å². The lowest BCUT2D eigenvalue weighted by atomic mass is 10.1. The van der Waals surface area contributed by atoms with E-state index in [2.05, 4.69) is 40.8 Å². The predicted octanol–water partition coefficient (Wildman–Crippen LogP) is 6.12. The average molecular weight is 499 g/mol. The molecule has 4 aromatic heterocycles. The summed E-state index contributed by atoms with van der Waals surface area (Å²) >= 11 is 0. The first-order valence-electron chi connectivity index (χ1n) is 12.0. The number of rotatable bonds is 7. The highest BCUT2D eigenvalue weighted by molar-refractivity contribution is 6.00. The standard InChI is InChI=1S/C29H22N8O/c1-30-29-33-18-15-24(35-29)23-9-6-17-32-28(23)38-20-13-11-19(12-14-20)34-27-22-8-3-2-7-21(22)26(36-37-27)25-10-4-5-16-31-25/h2-18H,1H3,(H,34,37)(H,30,33,35). The Bertz CT molecular complexity index is 1710. The van der Waals surface area contributed by atoms with Gasteiger partial charge in [0.25, 0.3) is 0 Å². The second-order valence-electron chi connectivity index (χ2n) is 8.28. The van der Waals surface area contributed by atoms with Crippen molar-refractivity contribution in [1.29, 1.82) is 0 Å². The second-order valence-corrected chi connectivity index (χ2v) is 8.28. The van der Waals surface area contributed by atoms with E-state index in [1.54, 1.807) is 25.6 Å². The van der Waals surface area contributed by atoms with Gasteiger partial charge in [0, 0.05) is 42.1 Å². The van der Waals surface area contributed by atoms with Crippen molar-refractivity contribution in [3.63, 3.8) is 0 Å². The first-order chi connectivity index (χ1) is 18.8. The van der Waals surface area contributed by atoms with Crippen LogP contribution in [0.2, 0.25) is 0 Å². The summed E-state index contributed by atoms with van der Waals surface area (Å²) < 4.78 is 6.12. The van der Waals surface area contributed by atoms with E-state index in [0.717, 1.165) is 33.4 Å². The van der Waals surface area contributed by atoms with Crippen molar-refractivity contribution < 1.29 is 4.74 Å². The first-order valence-corrected chi connectivity index (χ1v) is 12.0. The lowest BCUT2D eigenvalue weighted by molar-refractivity contribution is 0.465. The Hall–Kier alpha value is -5.44. The third kappa shape index (κ3) is 4.68. The Kier molecular flexibility index (Phi) is 6.22. The van der Waals surface area contributed by atoms with Crippen molar-refractivity contribution in [3.05, 3.63) is 104 Å². The van der Waals surface area contributed by atoms with Crippen LogP contribution in [-0.2, 0) is 0 Å². The van der Waals surface area contributed by atoms with Crippen LogP contribution in [0.15, 0.2) is 104 Å². The van der Waals surface area contributed by atoms with E-state index in [9.17, 15) is 0 Å². The molecule has 0 bridgehead atoms. The fraction of sp³-hybridized carbons (Fsp3) is 0.0345. The van der Waals surface area contributed by atoms with Gasteiger partial charge in [0.1, 0.15) is 11.4 Å². The summed E-state index contributed by atoms with van der Waals surface area (Å²) in [6.45, 7) is 0. The zero-order valence-corrected chi connectivity index (χ0v) is 20.4. The van der Waals surface area contributed by atoms with Gasteiger partial charge < -0.3 is 15.4 Å². The number of ether oxygens (including phenoxy) is 1. The third-order valence-corrected chi connectivity index (χ3v) is 5.85. The molecule has 4 heterocycles. The zero-order valence-electron chi connectivity index (χ0n) is 20.4. The summed E-state index contributed by atoms with van der Waals surface area (Å²) in [5.41, 5.74) is 3.85. The Balaban J connectivity index is 1.25. The number of nitrogens with one attached hydrogen (secondary N) is 2. The first kappa shape index (κ1) is 23.0. The average Bonchev–Trinajstić information content (AvgIpc) is 2.99. The van der Waals surface area contributed by atoms with E-state index < -0.39 is 0 Å². The number of hydrogen-bond donors (Lipinski definition) is 2. The molecule has 0 radical (unpaired) electrons. The van der Waals surface area contributed by atoms with Crippen LogP contribution in [0.1, 0.15) is 0 Å². The Morgan fingerprint density at radius 1 is 0.658 bits per heavy atom. The molecular formula is C29H22N8O. The maximum atomic E-state index is 6.12. The molecule has 0 aliphatic heterocycles. The summed E-state index contributed by atoms with van der Waals surface area (Å²) in [6, 6.07) is 26.9. The van der Waals surface area contributed by atoms with Gasteiger partial charge in [-0.2, -0.15) is 0 Å². The molecule has 0 aliphatic carbocycles. The Labute approximate surface area is 218 Å². The molecule has 0 atom stereocenters. The van der Waals surface area contributed by atoms with Crippen molar-refractivity contribution in [1.82, 2.24) is 30.1 Å². The van der Waals surface area contributed by atoms with Gasteiger partial charge in [0.2, 0.25) is 11.8 Å². The van der Waals surface area contributed by atoms with Gasteiger partial charge in [0.15, 0.2) is 5.82 Å². The van der Waals surface area contributed by atoms with Crippen LogP contribution < -0.4 is 15.4 Å². The van der Waals surface area contributed by atoms with Crippen LogP contribution in [0.25, 0.3) is 33.4 Å². The number of pyridine rings is 2. The monoisotopic (exact) mass is 498 g/mol. The minimum absolute atomic E-state index is 0.455. The quantitative estimate of drug-likeness (QED) is 0.269. The van der Waals surface area contributed by atoms with E-state index in [1.807, 2.05) is 84.9 Å². The highest BCUT2D eigenvalue weighted by atomic mass is 16.5. The van der Waals surface area contributed by atoms with Crippen molar-refractivity contribution in [2.75, 3.05) is 17.7 Å². The fourth-order valence-electron chi connectivity index (χ4n) is 4.04. The van der Waals surface area contributed by atoms with Crippen LogP contribution >= 0.6 is 0 Å². The van der Waals surface area contributed by atoms with Crippen LogP contribution in [-0.4, -0.2) is 37.2 Å². The highest BCUT2D eigenvalue weighted by Crippen LogP contribution is 2.33. The number of fused-ring (bicyclic) bond motifs is 1. The fourth-order valence-corrected chi connectivity index (χ4v) is 4.04. The molecule has 0 spiro atoms. The van der Waals surface area contributed by atoms with Gasteiger partial charge in [-0.1, -0.05) is 30.3 Å². The number of hydrogen-bond acceptors (Lipinski definition) is 9. The molecule has 6 aromatic rings. The molecule has 2 aromatic carbocycles. The molecular weight excluding hydrogens is 476 g/mol. The molecule has 0 saturated heterocycles. The predicted molar refractivity (Wildman–Crippen MR) is 147 cm³/mol. The molecule has 6 rings (SSSR count).